The van der Waals surface area contributed by atoms with Crippen LogP contribution in [0.2, 0.25) is 10.0 Å². The number of ketones is 1. The zero-order valence-electron chi connectivity index (χ0n) is 18.5. The molecule has 1 fully saturated rings. The molecule has 0 radical (unpaired) electrons. The van der Waals surface area contributed by atoms with Crippen molar-refractivity contribution in [2.45, 2.75) is 19.9 Å². The van der Waals surface area contributed by atoms with E-state index in [1.807, 2.05) is 19.9 Å². The van der Waals surface area contributed by atoms with E-state index >= 15 is 0 Å². The smallest absolute Gasteiger partial charge is 0.300 e. The molecule has 4 rings (SSSR count). The number of anilines is 1. The lowest BCUT2D eigenvalue weighted by Crippen LogP contribution is -2.29. The van der Waals surface area contributed by atoms with Gasteiger partial charge < -0.3 is 9.84 Å². The number of carbonyl (C=O) groups excluding carboxylic acids is 2. The summed E-state index contributed by atoms with van der Waals surface area (Å²) in [6.45, 7) is 3.82. The van der Waals surface area contributed by atoms with E-state index in [0.717, 1.165) is 11.1 Å². The van der Waals surface area contributed by atoms with Crippen molar-refractivity contribution >= 4 is 46.3 Å². The standard InChI is InChI=1S/C26H20Cl2FNO4/c1-13-4-9-18(10-14(13)2)30-22(15-5-7-17(29)8-6-15)21(24(32)26(30)33)23(31)16-11-19(27)25(34-3)20(28)12-16/h4-12,22,31H,1-3H3/b23-21+. The van der Waals surface area contributed by atoms with Crippen molar-refractivity contribution in [2.24, 2.45) is 0 Å². The van der Waals surface area contributed by atoms with Gasteiger partial charge >= 0.3 is 0 Å². The number of carbonyl (C=O) groups is 2. The van der Waals surface area contributed by atoms with E-state index < -0.39 is 29.3 Å². The van der Waals surface area contributed by atoms with Crippen molar-refractivity contribution in [3.63, 3.8) is 0 Å². The SMILES string of the molecule is COc1c(Cl)cc(/C(O)=C2\C(=O)C(=O)N(c3ccc(C)c(C)c3)C2c2ccc(F)cc2)cc1Cl. The van der Waals surface area contributed by atoms with Gasteiger partial charge in [-0.05, 0) is 66.9 Å². The first-order chi connectivity index (χ1) is 16.1. The number of Topliss-reactive ketones (excluding diaryl/α,β-unsaturated/α-hetero) is 1. The number of aryl methyl sites for hydroxylation is 2. The number of halogens is 3. The van der Waals surface area contributed by atoms with E-state index in [1.165, 1.54) is 48.4 Å². The fourth-order valence-corrected chi connectivity index (χ4v) is 4.62. The summed E-state index contributed by atoms with van der Waals surface area (Å²) in [6, 6.07) is 12.6. The molecule has 8 heteroatoms. The summed E-state index contributed by atoms with van der Waals surface area (Å²) in [4.78, 5) is 27.7. The van der Waals surface area contributed by atoms with Gasteiger partial charge in [-0.25, -0.2) is 4.39 Å². The quantitative estimate of drug-likeness (QED) is 0.256. The number of aliphatic hydroxyl groups excluding tert-OH is 1. The second-order valence-electron chi connectivity index (χ2n) is 7.96. The van der Waals surface area contributed by atoms with Crippen LogP contribution >= 0.6 is 23.2 Å². The number of hydrogen-bond acceptors (Lipinski definition) is 4. The molecule has 1 heterocycles. The number of hydrogen-bond donors (Lipinski definition) is 1. The van der Waals surface area contributed by atoms with Gasteiger partial charge in [0.2, 0.25) is 0 Å². The Balaban J connectivity index is 1.97. The van der Waals surface area contributed by atoms with Gasteiger partial charge in [-0.1, -0.05) is 41.4 Å². The molecule has 1 unspecified atom stereocenters. The molecule has 0 saturated carbocycles. The first kappa shape index (κ1) is 23.8. The fourth-order valence-electron chi connectivity index (χ4n) is 3.98. The minimum atomic E-state index is -0.998. The van der Waals surface area contributed by atoms with Crippen molar-refractivity contribution in [1.82, 2.24) is 0 Å². The molecule has 1 aliphatic heterocycles. The topological polar surface area (TPSA) is 66.8 Å². The average Bonchev–Trinajstić information content (AvgIpc) is 3.06. The normalized spacial score (nSPS) is 17.4. The highest BCUT2D eigenvalue weighted by atomic mass is 35.5. The predicted molar refractivity (Wildman–Crippen MR) is 130 cm³/mol. The molecule has 0 aromatic heterocycles. The molecule has 1 N–H and O–H groups in total. The second-order valence-corrected chi connectivity index (χ2v) is 8.78. The molecule has 34 heavy (non-hydrogen) atoms. The van der Waals surface area contributed by atoms with Crippen LogP contribution in [0.1, 0.15) is 28.3 Å². The number of benzene rings is 3. The molecule has 1 amide bonds. The summed E-state index contributed by atoms with van der Waals surface area (Å²) < 4.78 is 18.8. The van der Waals surface area contributed by atoms with Crippen molar-refractivity contribution in [2.75, 3.05) is 12.0 Å². The predicted octanol–water partition coefficient (Wildman–Crippen LogP) is 6.38. The van der Waals surface area contributed by atoms with E-state index in [4.69, 9.17) is 27.9 Å². The molecule has 1 atom stereocenters. The van der Waals surface area contributed by atoms with Crippen LogP contribution in [0.25, 0.3) is 5.76 Å². The summed E-state index contributed by atoms with van der Waals surface area (Å²) in [6.07, 6.45) is 0. The molecule has 5 nitrogen and oxygen atoms in total. The van der Waals surface area contributed by atoms with Crippen LogP contribution in [0.15, 0.2) is 60.2 Å². The summed E-state index contributed by atoms with van der Waals surface area (Å²) in [5.41, 5.74) is 2.84. The van der Waals surface area contributed by atoms with Crippen LogP contribution in [-0.4, -0.2) is 23.9 Å². The summed E-state index contributed by atoms with van der Waals surface area (Å²) in [5, 5.41) is 11.5. The first-order valence-electron chi connectivity index (χ1n) is 10.3. The van der Waals surface area contributed by atoms with Crippen molar-refractivity contribution < 1.29 is 23.8 Å². The van der Waals surface area contributed by atoms with Crippen LogP contribution in [0, 0.1) is 19.7 Å². The van der Waals surface area contributed by atoms with Gasteiger partial charge in [0.25, 0.3) is 11.7 Å². The maximum absolute atomic E-state index is 13.7. The zero-order valence-corrected chi connectivity index (χ0v) is 20.0. The number of rotatable bonds is 4. The molecule has 3 aromatic carbocycles. The van der Waals surface area contributed by atoms with Crippen LogP contribution in [0.3, 0.4) is 0 Å². The van der Waals surface area contributed by atoms with E-state index in [2.05, 4.69) is 0 Å². The van der Waals surface area contributed by atoms with Gasteiger partial charge in [-0.2, -0.15) is 0 Å². The highest BCUT2D eigenvalue weighted by molar-refractivity contribution is 6.51. The Hall–Kier alpha value is -3.35. The van der Waals surface area contributed by atoms with Gasteiger partial charge in [0, 0.05) is 11.3 Å². The lowest BCUT2D eigenvalue weighted by molar-refractivity contribution is -0.132. The van der Waals surface area contributed by atoms with Gasteiger partial charge in [0.15, 0.2) is 5.75 Å². The third kappa shape index (κ3) is 4.04. The van der Waals surface area contributed by atoms with E-state index in [9.17, 15) is 19.1 Å². The lowest BCUT2D eigenvalue weighted by Gasteiger charge is -2.26. The highest BCUT2D eigenvalue weighted by Gasteiger charge is 2.47. The molecule has 1 aliphatic rings. The Bertz CT molecular complexity index is 1330. The molecule has 0 aliphatic carbocycles. The second kappa shape index (κ2) is 9.12. The molecule has 174 valence electrons. The third-order valence-electron chi connectivity index (χ3n) is 5.87. The Morgan fingerprint density at radius 3 is 2.15 bits per heavy atom. The van der Waals surface area contributed by atoms with Gasteiger partial charge in [-0.15, -0.1) is 0 Å². The Morgan fingerprint density at radius 2 is 1.59 bits per heavy atom. The van der Waals surface area contributed by atoms with Crippen LogP contribution in [0.4, 0.5) is 10.1 Å². The highest BCUT2D eigenvalue weighted by Crippen LogP contribution is 2.44. The first-order valence-corrected chi connectivity index (χ1v) is 11.1. The van der Waals surface area contributed by atoms with Crippen LogP contribution in [-0.2, 0) is 9.59 Å². The van der Waals surface area contributed by atoms with Gasteiger partial charge in [-0.3, -0.25) is 14.5 Å². The lowest BCUT2D eigenvalue weighted by atomic mass is 9.95. The maximum atomic E-state index is 13.7. The molecule has 0 spiro atoms. The van der Waals surface area contributed by atoms with Crippen LogP contribution in [0.5, 0.6) is 5.75 Å². The van der Waals surface area contributed by atoms with E-state index in [-0.39, 0.29) is 26.9 Å². The molecular formula is C26H20Cl2FNO4. The zero-order chi connectivity index (χ0) is 24.7. The van der Waals surface area contributed by atoms with Crippen LogP contribution < -0.4 is 9.64 Å². The molecule has 3 aromatic rings. The number of methoxy groups -OCH3 is 1. The molecular weight excluding hydrogens is 480 g/mol. The number of aliphatic hydroxyl groups is 1. The van der Waals surface area contributed by atoms with Crippen molar-refractivity contribution in [1.29, 1.82) is 0 Å². The number of ether oxygens (including phenoxy) is 1. The summed E-state index contributed by atoms with van der Waals surface area (Å²) >= 11 is 12.5. The van der Waals surface area contributed by atoms with Crippen molar-refractivity contribution in [3.8, 4) is 5.75 Å². The Labute approximate surface area is 206 Å². The summed E-state index contributed by atoms with van der Waals surface area (Å²) in [5.74, 6) is -2.41. The number of nitrogens with zero attached hydrogens (tertiary/aromatic N) is 1. The summed E-state index contributed by atoms with van der Waals surface area (Å²) in [7, 11) is 1.40. The maximum Gasteiger partial charge on any atom is 0.300 e. The molecule has 1 saturated heterocycles. The monoisotopic (exact) mass is 499 g/mol. The Morgan fingerprint density at radius 1 is 0.971 bits per heavy atom. The van der Waals surface area contributed by atoms with Gasteiger partial charge in [0.05, 0.1) is 28.8 Å². The third-order valence-corrected chi connectivity index (χ3v) is 6.44. The Kier molecular flexibility index (Phi) is 6.39. The fraction of sp³-hybridized carbons (Fsp3) is 0.154. The molecule has 0 bridgehead atoms. The van der Waals surface area contributed by atoms with E-state index in [1.54, 1.807) is 12.1 Å². The van der Waals surface area contributed by atoms with Gasteiger partial charge in [0.1, 0.15) is 11.6 Å². The average molecular weight is 500 g/mol. The number of amides is 1. The van der Waals surface area contributed by atoms with Crippen molar-refractivity contribution in [3.05, 3.63) is 98.3 Å². The van der Waals surface area contributed by atoms with E-state index in [0.29, 0.717) is 11.3 Å². The largest absolute Gasteiger partial charge is 0.507 e. The minimum absolute atomic E-state index is 0.123. The minimum Gasteiger partial charge on any atom is -0.507 e.